The Kier molecular flexibility index (Phi) is 7.13. The molecular formula is C21H28N2O5S. The molecule has 7 nitrogen and oxygen atoms in total. The monoisotopic (exact) mass is 420 g/mol. The normalized spacial score (nSPS) is 16.4. The van der Waals surface area contributed by atoms with Crippen molar-refractivity contribution in [2.24, 2.45) is 0 Å². The summed E-state index contributed by atoms with van der Waals surface area (Å²) in [7, 11) is -0.907. The molecule has 1 aliphatic heterocycles. The van der Waals surface area contributed by atoms with Gasteiger partial charge in [0.2, 0.25) is 10.0 Å². The third-order valence-corrected chi connectivity index (χ3v) is 6.47. The van der Waals surface area contributed by atoms with Crippen molar-refractivity contribution in [1.82, 2.24) is 9.62 Å². The SMILES string of the molecule is COc1ccc(OC)c(S(=O)(=O)N[C@H](CN2CCOCC2)c2ccc(C)cc2)c1. The van der Waals surface area contributed by atoms with Gasteiger partial charge in [-0.3, -0.25) is 4.90 Å². The minimum atomic E-state index is -3.86. The fourth-order valence-electron chi connectivity index (χ4n) is 3.30. The molecule has 2 aromatic rings. The second-order valence-corrected chi connectivity index (χ2v) is 8.70. The Hall–Kier alpha value is -2.13. The molecule has 1 saturated heterocycles. The van der Waals surface area contributed by atoms with Gasteiger partial charge in [-0.2, -0.15) is 0 Å². The first-order chi connectivity index (χ1) is 13.9. The number of morpholine rings is 1. The van der Waals surface area contributed by atoms with E-state index < -0.39 is 16.1 Å². The number of methoxy groups -OCH3 is 2. The Bertz CT molecular complexity index is 909. The highest BCUT2D eigenvalue weighted by Gasteiger charge is 2.27. The molecular weight excluding hydrogens is 392 g/mol. The fourth-order valence-corrected chi connectivity index (χ4v) is 4.70. The highest BCUT2D eigenvalue weighted by atomic mass is 32.2. The zero-order chi connectivity index (χ0) is 20.9. The van der Waals surface area contributed by atoms with Crippen molar-refractivity contribution in [3.8, 4) is 11.5 Å². The molecule has 158 valence electrons. The fraction of sp³-hybridized carbons (Fsp3) is 0.429. The minimum absolute atomic E-state index is 0.0541. The van der Waals surface area contributed by atoms with Crippen LogP contribution in [-0.2, 0) is 14.8 Å². The first kappa shape index (κ1) is 21.6. The number of aryl methyl sites for hydroxylation is 1. The number of ether oxygens (including phenoxy) is 3. The number of sulfonamides is 1. The molecule has 0 radical (unpaired) electrons. The van der Waals surface area contributed by atoms with E-state index in [0.717, 1.165) is 24.2 Å². The van der Waals surface area contributed by atoms with Gasteiger partial charge in [-0.1, -0.05) is 29.8 Å². The summed E-state index contributed by atoms with van der Waals surface area (Å²) in [5, 5.41) is 0. The highest BCUT2D eigenvalue weighted by Crippen LogP contribution is 2.29. The highest BCUT2D eigenvalue weighted by molar-refractivity contribution is 7.89. The first-order valence-corrected chi connectivity index (χ1v) is 11.0. The summed E-state index contributed by atoms with van der Waals surface area (Å²) in [6.45, 7) is 5.40. The van der Waals surface area contributed by atoms with Crippen molar-refractivity contribution in [3.05, 3.63) is 53.6 Å². The van der Waals surface area contributed by atoms with Gasteiger partial charge in [0.05, 0.1) is 33.5 Å². The summed E-state index contributed by atoms with van der Waals surface area (Å²) >= 11 is 0. The van der Waals surface area contributed by atoms with Gasteiger partial charge < -0.3 is 14.2 Å². The number of hydrogen-bond acceptors (Lipinski definition) is 6. The van der Waals surface area contributed by atoms with Crippen LogP contribution < -0.4 is 14.2 Å². The maximum Gasteiger partial charge on any atom is 0.244 e. The molecule has 29 heavy (non-hydrogen) atoms. The lowest BCUT2D eigenvalue weighted by atomic mass is 10.1. The average molecular weight is 421 g/mol. The Labute approximate surface area is 172 Å². The molecule has 0 saturated carbocycles. The molecule has 3 rings (SSSR count). The zero-order valence-corrected chi connectivity index (χ0v) is 17.9. The van der Waals surface area contributed by atoms with Gasteiger partial charge in [0.1, 0.15) is 16.4 Å². The molecule has 0 amide bonds. The van der Waals surface area contributed by atoms with Crippen molar-refractivity contribution in [3.63, 3.8) is 0 Å². The quantitative estimate of drug-likeness (QED) is 0.707. The van der Waals surface area contributed by atoms with E-state index in [1.807, 2.05) is 31.2 Å². The van der Waals surface area contributed by atoms with Crippen LogP contribution in [0, 0.1) is 6.92 Å². The van der Waals surface area contributed by atoms with Crippen molar-refractivity contribution >= 4 is 10.0 Å². The van der Waals surface area contributed by atoms with Crippen LogP contribution >= 0.6 is 0 Å². The first-order valence-electron chi connectivity index (χ1n) is 9.54. The van der Waals surface area contributed by atoms with E-state index in [1.165, 1.54) is 20.3 Å². The molecule has 0 spiro atoms. The number of nitrogens with zero attached hydrogens (tertiary/aromatic N) is 1. The second-order valence-electron chi connectivity index (χ2n) is 7.01. The van der Waals surface area contributed by atoms with E-state index in [0.29, 0.717) is 25.5 Å². The summed E-state index contributed by atoms with van der Waals surface area (Å²) in [5.74, 6) is 0.721. The molecule has 1 atom stereocenters. The van der Waals surface area contributed by atoms with Crippen molar-refractivity contribution < 1.29 is 22.6 Å². The van der Waals surface area contributed by atoms with Crippen LogP contribution in [0.2, 0.25) is 0 Å². The molecule has 0 bridgehead atoms. The molecule has 0 unspecified atom stereocenters. The van der Waals surface area contributed by atoms with E-state index in [9.17, 15) is 8.42 Å². The van der Waals surface area contributed by atoms with Crippen LogP contribution in [0.25, 0.3) is 0 Å². The van der Waals surface area contributed by atoms with Crippen LogP contribution in [0.5, 0.6) is 11.5 Å². The number of benzene rings is 2. The van der Waals surface area contributed by atoms with Crippen LogP contribution in [0.3, 0.4) is 0 Å². The third kappa shape index (κ3) is 5.48. The lowest BCUT2D eigenvalue weighted by molar-refractivity contribution is 0.0345. The van der Waals surface area contributed by atoms with E-state index in [-0.39, 0.29) is 10.6 Å². The Morgan fingerprint density at radius 1 is 1.07 bits per heavy atom. The topological polar surface area (TPSA) is 77.1 Å². The van der Waals surface area contributed by atoms with E-state index in [2.05, 4.69) is 9.62 Å². The van der Waals surface area contributed by atoms with Crippen molar-refractivity contribution in [2.75, 3.05) is 47.1 Å². The largest absolute Gasteiger partial charge is 0.497 e. The van der Waals surface area contributed by atoms with Gasteiger partial charge in [0, 0.05) is 25.7 Å². The maximum absolute atomic E-state index is 13.3. The minimum Gasteiger partial charge on any atom is -0.497 e. The summed E-state index contributed by atoms with van der Waals surface area (Å²) in [5.41, 5.74) is 2.03. The average Bonchev–Trinajstić information content (AvgIpc) is 2.74. The van der Waals surface area contributed by atoms with E-state index in [1.54, 1.807) is 12.1 Å². The van der Waals surface area contributed by atoms with Gasteiger partial charge in [-0.15, -0.1) is 0 Å². The van der Waals surface area contributed by atoms with Crippen LogP contribution in [-0.4, -0.2) is 60.4 Å². The predicted molar refractivity (Wildman–Crippen MR) is 111 cm³/mol. The molecule has 0 aliphatic carbocycles. The third-order valence-electron chi connectivity index (χ3n) is 4.98. The zero-order valence-electron chi connectivity index (χ0n) is 17.1. The van der Waals surface area contributed by atoms with Gasteiger partial charge in [0.25, 0.3) is 0 Å². The van der Waals surface area contributed by atoms with Crippen molar-refractivity contribution in [1.29, 1.82) is 0 Å². The van der Waals surface area contributed by atoms with Gasteiger partial charge >= 0.3 is 0 Å². The summed E-state index contributed by atoms with van der Waals surface area (Å²) in [6, 6.07) is 12.2. The van der Waals surface area contributed by atoms with Crippen molar-refractivity contribution in [2.45, 2.75) is 17.9 Å². The molecule has 0 aromatic heterocycles. The van der Waals surface area contributed by atoms with Gasteiger partial charge in [-0.25, -0.2) is 13.1 Å². The van der Waals surface area contributed by atoms with Crippen LogP contribution in [0.1, 0.15) is 17.2 Å². The molecule has 2 aromatic carbocycles. The lowest BCUT2D eigenvalue weighted by Gasteiger charge is -2.31. The summed E-state index contributed by atoms with van der Waals surface area (Å²) in [6.07, 6.45) is 0. The van der Waals surface area contributed by atoms with Gasteiger partial charge in [0.15, 0.2) is 0 Å². The molecule has 1 N–H and O–H groups in total. The van der Waals surface area contributed by atoms with Gasteiger partial charge in [-0.05, 0) is 24.6 Å². The number of rotatable bonds is 8. The summed E-state index contributed by atoms with van der Waals surface area (Å²) in [4.78, 5) is 2.26. The van der Waals surface area contributed by atoms with E-state index >= 15 is 0 Å². The standard InChI is InChI=1S/C21H28N2O5S/c1-16-4-6-17(7-5-16)19(15-23-10-12-28-13-11-23)22-29(24,25)21-14-18(26-2)8-9-20(21)27-3/h4-9,14,19,22H,10-13,15H2,1-3H3/t19-/m1/s1. The Balaban J connectivity index is 1.92. The molecule has 8 heteroatoms. The smallest absolute Gasteiger partial charge is 0.244 e. The Morgan fingerprint density at radius 2 is 1.76 bits per heavy atom. The number of hydrogen-bond donors (Lipinski definition) is 1. The summed E-state index contributed by atoms with van der Waals surface area (Å²) < 4.78 is 45.3. The Morgan fingerprint density at radius 3 is 2.38 bits per heavy atom. The molecule has 1 aliphatic rings. The van der Waals surface area contributed by atoms with Crippen LogP contribution in [0.15, 0.2) is 47.4 Å². The predicted octanol–water partition coefficient (Wildman–Crippen LogP) is 2.36. The molecule has 1 fully saturated rings. The number of nitrogens with one attached hydrogen (secondary N) is 1. The second kappa shape index (κ2) is 9.58. The van der Waals surface area contributed by atoms with Crippen LogP contribution in [0.4, 0.5) is 0 Å². The van der Waals surface area contributed by atoms with E-state index in [4.69, 9.17) is 14.2 Å². The molecule has 1 heterocycles. The maximum atomic E-state index is 13.3. The lowest BCUT2D eigenvalue weighted by Crippen LogP contribution is -2.43.